The normalized spacial score (nSPS) is 15.5. The summed E-state index contributed by atoms with van der Waals surface area (Å²) in [5.74, 6) is 0. The predicted molar refractivity (Wildman–Crippen MR) is 464 cm³/mol. The second kappa shape index (κ2) is 23.3. The zero-order chi connectivity index (χ0) is 73.8. The molecule has 2 nitrogen and oxygen atoms in total. The van der Waals surface area contributed by atoms with Gasteiger partial charge >= 0.3 is 0 Å². The van der Waals surface area contributed by atoms with Gasteiger partial charge < -0.3 is 9.80 Å². The molecule has 0 aromatic heterocycles. The minimum atomic E-state index is -0.256. The quantitative estimate of drug-likeness (QED) is 0.0995. The Labute approximate surface area is 640 Å². The number of rotatable bonds is 10. The average molecular weight is 1400 g/mol. The van der Waals surface area contributed by atoms with Gasteiger partial charge in [-0.2, -0.15) is 0 Å². The van der Waals surface area contributed by atoms with Gasteiger partial charge in [-0.1, -0.05) is 336 Å². The van der Waals surface area contributed by atoms with Crippen molar-refractivity contribution in [1.29, 1.82) is 0 Å². The molecule has 0 saturated heterocycles. The maximum absolute atomic E-state index is 2.54. The molecule has 109 heavy (non-hydrogen) atoms. The van der Waals surface area contributed by atoms with Gasteiger partial charge in [-0.15, -0.1) is 0 Å². The molecule has 2 heteroatoms. The Bertz CT molecular complexity index is 6310. The molecule has 21 rings (SSSR count). The van der Waals surface area contributed by atoms with Gasteiger partial charge in [0.25, 0.3) is 0 Å². The van der Waals surface area contributed by atoms with Gasteiger partial charge in [0, 0.05) is 60.6 Å². The van der Waals surface area contributed by atoms with Crippen LogP contribution in [0.15, 0.2) is 303 Å². The van der Waals surface area contributed by atoms with Crippen molar-refractivity contribution in [2.75, 3.05) is 9.80 Å². The van der Waals surface area contributed by atoms with Crippen molar-refractivity contribution in [1.82, 2.24) is 0 Å². The van der Waals surface area contributed by atoms with E-state index in [4.69, 9.17) is 0 Å². The van der Waals surface area contributed by atoms with Crippen molar-refractivity contribution in [3.05, 3.63) is 381 Å². The van der Waals surface area contributed by atoms with Crippen molar-refractivity contribution >= 4 is 102 Å². The van der Waals surface area contributed by atoms with Crippen LogP contribution in [0.1, 0.15) is 147 Å². The molecule has 0 N–H and O–H groups in total. The van der Waals surface area contributed by atoms with Crippen LogP contribution in [0.3, 0.4) is 0 Å². The fourth-order valence-corrected chi connectivity index (χ4v) is 20.3. The minimum absolute atomic E-state index is 0.144. The maximum Gasteiger partial charge on any atom is 0.0546 e. The van der Waals surface area contributed by atoms with Crippen LogP contribution in [-0.2, 0) is 27.1 Å². The number of anilines is 6. The lowest BCUT2D eigenvalue weighted by Crippen LogP contribution is -2.18. The van der Waals surface area contributed by atoms with Crippen LogP contribution in [0.2, 0.25) is 0 Å². The molecule has 16 aromatic rings. The third-order valence-corrected chi connectivity index (χ3v) is 26.2. The van der Waals surface area contributed by atoms with Crippen LogP contribution in [0, 0.1) is 0 Å². The standard InChI is InChI=1S/C107H84N2/c1-103(2)91-33-21-19-29-79(91)85-51-43-71(61-97(85)103)108(101-59-69-23-11-13-25-75(69)77-27-15-17-31-89(77)101)73-45-53-87-83-49-41-67(57-95(83)106(7,8)99(87)63-73)37-35-65-39-47-81-82-48-40-66(56-94(82)105(5,6)93(81)55-65)36-38-68-42-50-84-88-54-46-74(64-100(88)107(9,10)96(84)58-68)109(102-60-70-24-12-14-26-76(70)78-28-16-18-32-90(78)102)72-44-52-86-80-30-20-22-34-92(80)104(3,4)98(86)62-72/h11-64H,1-10H3/b37-35+,38-36+. The first-order chi connectivity index (χ1) is 52.8. The topological polar surface area (TPSA) is 6.48 Å². The van der Waals surface area contributed by atoms with Gasteiger partial charge in [-0.3, -0.25) is 0 Å². The fourth-order valence-electron chi connectivity index (χ4n) is 20.3. The highest BCUT2D eigenvalue weighted by Gasteiger charge is 2.42. The highest BCUT2D eigenvalue weighted by atomic mass is 15.2. The molecule has 0 radical (unpaired) electrons. The van der Waals surface area contributed by atoms with E-state index in [0.29, 0.717) is 0 Å². The summed E-state index contributed by atoms with van der Waals surface area (Å²) in [5, 5.41) is 9.97. The maximum atomic E-state index is 2.54. The van der Waals surface area contributed by atoms with E-state index in [0.717, 1.165) is 22.7 Å². The lowest BCUT2D eigenvalue weighted by atomic mass is 9.81. The Morgan fingerprint density at radius 1 is 0.183 bits per heavy atom. The second-order valence-corrected chi connectivity index (χ2v) is 34.0. The minimum Gasteiger partial charge on any atom is -0.310 e. The van der Waals surface area contributed by atoms with Gasteiger partial charge in [-0.05, 0) is 227 Å². The van der Waals surface area contributed by atoms with Gasteiger partial charge in [0.2, 0.25) is 0 Å². The Balaban J connectivity index is 0.555. The van der Waals surface area contributed by atoms with Crippen LogP contribution in [-0.4, -0.2) is 0 Å². The zero-order valence-corrected chi connectivity index (χ0v) is 63.6. The molecule has 522 valence electrons. The first-order valence-electron chi connectivity index (χ1n) is 38.9. The van der Waals surface area contributed by atoms with E-state index in [9.17, 15) is 0 Å². The molecular formula is C107H84N2. The van der Waals surface area contributed by atoms with Crippen LogP contribution < -0.4 is 9.80 Å². The number of nitrogens with zero attached hydrogens (tertiary/aromatic N) is 2. The predicted octanol–water partition coefficient (Wildman–Crippen LogP) is 29.1. The van der Waals surface area contributed by atoms with Gasteiger partial charge in [0.05, 0.1) is 11.4 Å². The Kier molecular flexibility index (Phi) is 13.9. The molecule has 0 fully saturated rings. The molecule has 0 saturated carbocycles. The molecular weight excluding hydrogens is 1310 g/mol. The third kappa shape index (κ3) is 9.59. The molecule has 5 aliphatic rings. The number of hydrogen-bond donors (Lipinski definition) is 0. The first-order valence-corrected chi connectivity index (χ1v) is 38.9. The summed E-state index contributed by atoms with van der Waals surface area (Å²) in [7, 11) is 0. The van der Waals surface area contributed by atoms with E-state index in [1.165, 1.54) is 188 Å². The first kappa shape index (κ1) is 65.0. The Morgan fingerprint density at radius 3 is 0.706 bits per heavy atom. The van der Waals surface area contributed by atoms with Gasteiger partial charge in [0.1, 0.15) is 0 Å². The summed E-state index contributed by atoms with van der Waals surface area (Å²) in [5.41, 5.74) is 37.6. The van der Waals surface area contributed by atoms with E-state index >= 15 is 0 Å². The molecule has 0 unspecified atom stereocenters. The van der Waals surface area contributed by atoms with Crippen molar-refractivity contribution in [3.63, 3.8) is 0 Å². The lowest BCUT2D eigenvalue weighted by molar-refractivity contribution is 0.659. The van der Waals surface area contributed by atoms with Crippen molar-refractivity contribution in [3.8, 4) is 55.6 Å². The summed E-state index contributed by atoms with van der Waals surface area (Å²) < 4.78 is 0. The SMILES string of the molecule is CC1(C)c2cc(/C=C/c3ccc4c(c3)C(C)(C)c3cc(N(c5ccc6c(c5)C(C)(C)c5ccccc5-6)c5cc6ccccc6c6ccccc56)ccc3-4)ccc2-c2ccc(/C=C/c3ccc4c(c3)C(C)(C)c3cc(N(c5ccc6c(c5)C(C)(C)c5ccccc5-6)c5cc6ccccc6c6ccccc56)ccc3-4)cc21. The largest absolute Gasteiger partial charge is 0.310 e. The molecule has 0 heterocycles. The van der Waals surface area contributed by atoms with Crippen molar-refractivity contribution < 1.29 is 0 Å². The Morgan fingerprint density at radius 2 is 0.404 bits per heavy atom. The smallest absolute Gasteiger partial charge is 0.0546 e. The lowest BCUT2D eigenvalue weighted by Gasteiger charge is -2.31. The van der Waals surface area contributed by atoms with Crippen molar-refractivity contribution in [2.24, 2.45) is 0 Å². The molecule has 0 aliphatic heterocycles. The van der Waals surface area contributed by atoms with E-state index < -0.39 is 0 Å². The third-order valence-electron chi connectivity index (χ3n) is 26.2. The van der Waals surface area contributed by atoms with Crippen LogP contribution in [0.4, 0.5) is 34.1 Å². The number of hydrogen-bond acceptors (Lipinski definition) is 2. The monoisotopic (exact) mass is 1400 g/mol. The molecule has 5 aliphatic carbocycles. The summed E-state index contributed by atoms with van der Waals surface area (Å²) in [4.78, 5) is 5.07. The summed E-state index contributed by atoms with van der Waals surface area (Å²) >= 11 is 0. The van der Waals surface area contributed by atoms with E-state index in [1.54, 1.807) is 0 Å². The summed E-state index contributed by atoms with van der Waals surface area (Å²) in [6.07, 6.45) is 9.27. The highest BCUT2D eigenvalue weighted by Crippen LogP contribution is 2.58. The van der Waals surface area contributed by atoms with Gasteiger partial charge in [-0.25, -0.2) is 0 Å². The van der Waals surface area contributed by atoms with Crippen LogP contribution in [0.25, 0.3) is 123 Å². The van der Waals surface area contributed by atoms with E-state index in [1.807, 2.05) is 0 Å². The van der Waals surface area contributed by atoms with E-state index in [2.05, 4.69) is 407 Å². The second-order valence-electron chi connectivity index (χ2n) is 34.0. The summed E-state index contributed by atoms with van der Waals surface area (Å²) in [6.45, 7) is 24.0. The Hall–Kier alpha value is -12.4. The average Bonchev–Trinajstić information content (AvgIpc) is 1.34. The number of benzene rings is 16. The number of fused-ring (bicyclic) bond motifs is 21. The van der Waals surface area contributed by atoms with Crippen LogP contribution in [0.5, 0.6) is 0 Å². The molecule has 0 spiro atoms. The fraction of sp³-hybridized carbons (Fsp3) is 0.140. The molecule has 16 aromatic carbocycles. The zero-order valence-electron chi connectivity index (χ0n) is 63.6. The summed E-state index contributed by atoms with van der Waals surface area (Å²) in [6, 6.07) is 116. The highest BCUT2D eigenvalue weighted by molar-refractivity contribution is 6.16. The van der Waals surface area contributed by atoms with Crippen molar-refractivity contribution in [2.45, 2.75) is 96.3 Å². The van der Waals surface area contributed by atoms with E-state index in [-0.39, 0.29) is 27.1 Å². The molecule has 0 amide bonds. The molecule has 0 atom stereocenters. The van der Waals surface area contributed by atoms with Crippen LogP contribution >= 0.6 is 0 Å². The van der Waals surface area contributed by atoms with Gasteiger partial charge in [0.15, 0.2) is 0 Å². The molecule has 0 bridgehead atoms.